The number of thioether (sulfide) groups is 1. The third-order valence-corrected chi connectivity index (χ3v) is 3.72. The zero-order chi connectivity index (χ0) is 11.7. The maximum absolute atomic E-state index is 4.49. The molecular weight excluding hydrogens is 216 g/mol. The predicted octanol–water partition coefficient (Wildman–Crippen LogP) is 3.52. The van der Waals surface area contributed by atoms with E-state index in [1.54, 1.807) is 0 Å². The summed E-state index contributed by atoms with van der Waals surface area (Å²) in [6.45, 7) is 9.56. The Morgan fingerprint density at radius 3 is 2.38 bits per heavy atom. The fourth-order valence-electron chi connectivity index (χ4n) is 2.03. The van der Waals surface area contributed by atoms with E-state index < -0.39 is 0 Å². The van der Waals surface area contributed by atoms with Crippen molar-refractivity contribution in [3.8, 4) is 0 Å². The summed E-state index contributed by atoms with van der Waals surface area (Å²) in [6.07, 6.45) is 0. The van der Waals surface area contributed by atoms with Crippen LogP contribution in [0.3, 0.4) is 0 Å². The van der Waals surface area contributed by atoms with E-state index in [-0.39, 0.29) is 0 Å². The number of hydrogen-bond donors (Lipinski definition) is 1. The average molecular weight is 234 g/mol. The molecule has 1 aromatic carbocycles. The van der Waals surface area contributed by atoms with Crippen LogP contribution in [0.15, 0.2) is 17.1 Å². The maximum atomic E-state index is 4.49. The van der Waals surface area contributed by atoms with Crippen LogP contribution in [0.25, 0.3) is 0 Å². The molecule has 1 N–H and O–H groups in total. The van der Waals surface area contributed by atoms with Crippen molar-refractivity contribution in [3.05, 3.63) is 28.8 Å². The number of aryl methyl sites for hydroxylation is 3. The standard InChI is InChI=1S/C13H18N2S/c1-8-5-9(2)12(10(3)6-8)15-13-14-7-11(4)16-13/h5-6,11H,7H2,1-4H3,(H,14,15). The summed E-state index contributed by atoms with van der Waals surface area (Å²) in [4.78, 5) is 4.49. The van der Waals surface area contributed by atoms with Crippen LogP contribution in [0.1, 0.15) is 23.6 Å². The van der Waals surface area contributed by atoms with Gasteiger partial charge in [-0.05, 0) is 31.9 Å². The molecule has 0 spiro atoms. The molecule has 1 heterocycles. The molecule has 0 saturated heterocycles. The van der Waals surface area contributed by atoms with Gasteiger partial charge in [0.1, 0.15) is 0 Å². The van der Waals surface area contributed by atoms with E-state index in [0.29, 0.717) is 5.25 Å². The van der Waals surface area contributed by atoms with E-state index in [9.17, 15) is 0 Å². The topological polar surface area (TPSA) is 24.4 Å². The van der Waals surface area contributed by atoms with Crippen molar-refractivity contribution >= 4 is 22.6 Å². The van der Waals surface area contributed by atoms with Gasteiger partial charge in [0, 0.05) is 10.9 Å². The molecule has 1 aliphatic rings. The molecular formula is C13H18N2S. The molecule has 0 saturated carbocycles. The first-order chi connectivity index (χ1) is 7.56. The Labute approximate surface area is 102 Å². The number of hydrogen-bond acceptors (Lipinski definition) is 3. The summed E-state index contributed by atoms with van der Waals surface area (Å²) < 4.78 is 0. The Morgan fingerprint density at radius 2 is 1.88 bits per heavy atom. The van der Waals surface area contributed by atoms with Crippen LogP contribution in [0, 0.1) is 20.8 Å². The van der Waals surface area contributed by atoms with Gasteiger partial charge in [0.2, 0.25) is 0 Å². The molecule has 0 aliphatic carbocycles. The highest BCUT2D eigenvalue weighted by Gasteiger charge is 2.16. The van der Waals surface area contributed by atoms with Crippen molar-refractivity contribution in [3.63, 3.8) is 0 Å². The largest absolute Gasteiger partial charge is 0.335 e. The van der Waals surface area contributed by atoms with Gasteiger partial charge in [-0.3, -0.25) is 4.99 Å². The normalized spacial score (nSPS) is 19.8. The Kier molecular flexibility index (Phi) is 3.24. The minimum absolute atomic E-state index is 0.605. The minimum atomic E-state index is 0.605. The SMILES string of the molecule is Cc1cc(C)c(NC2=NCC(C)S2)c(C)c1. The molecule has 16 heavy (non-hydrogen) atoms. The van der Waals surface area contributed by atoms with Crippen LogP contribution in [-0.4, -0.2) is 17.0 Å². The van der Waals surface area contributed by atoms with Crippen LogP contribution in [0.4, 0.5) is 5.69 Å². The number of amidine groups is 1. The molecule has 0 radical (unpaired) electrons. The molecule has 1 aromatic rings. The van der Waals surface area contributed by atoms with Crippen LogP contribution in [-0.2, 0) is 0 Å². The number of aliphatic imine (C=N–C) groups is 1. The number of rotatable bonds is 1. The number of nitrogens with zero attached hydrogens (tertiary/aromatic N) is 1. The summed E-state index contributed by atoms with van der Waals surface area (Å²) in [5.74, 6) is 0. The van der Waals surface area contributed by atoms with Crippen molar-refractivity contribution in [2.45, 2.75) is 32.9 Å². The molecule has 0 bridgehead atoms. The van der Waals surface area contributed by atoms with Crippen molar-refractivity contribution in [1.29, 1.82) is 0 Å². The summed E-state index contributed by atoms with van der Waals surface area (Å²) in [7, 11) is 0. The first kappa shape index (κ1) is 11.5. The third-order valence-electron chi connectivity index (χ3n) is 2.71. The van der Waals surface area contributed by atoms with E-state index in [0.717, 1.165) is 11.7 Å². The molecule has 0 fully saturated rings. The maximum Gasteiger partial charge on any atom is 0.161 e. The Morgan fingerprint density at radius 1 is 1.25 bits per heavy atom. The van der Waals surface area contributed by atoms with Gasteiger partial charge in [0.05, 0.1) is 6.54 Å². The Hall–Kier alpha value is -0.960. The first-order valence-corrected chi connectivity index (χ1v) is 6.50. The van der Waals surface area contributed by atoms with Crippen LogP contribution in [0.2, 0.25) is 0 Å². The second-order valence-electron chi connectivity index (χ2n) is 4.47. The number of nitrogens with one attached hydrogen (secondary N) is 1. The fraction of sp³-hybridized carbons (Fsp3) is 0.462. The van der Waals surface area contributed by atoms with Crippen molar-refractivity contribution in [1.82, 2.24) is 0 Å². The lowest BCUT2D eigenvalue weighted by Gasteiger charge is -2.13. The lowest BCUT2D eigenvalue weighted by molar-refractivity contribution is 0.976. The fourth-order valence-corrected chi connectivity index (χ4v) is 2.87. The van der Waals surface area contributed by atoms with Gasteiger partial charge in [-0.1, -0.05) is 36.4 Å². The van der Waals surface area contributed by atoms with Gasteiger partial charge >= 0.3 is 0 Å². The summed E-state index contributed by atoms with van der Waals surface area (Å²) in [6, 6.07) is 4.41. The van der Waals surface area contributed by atoms with E-state index in [2.05, 4.69) is 50.1 Å². The Bertz CT molecular complexity index is 415. The zero-order valence-electron chi connectivity index (χ0n) is 10.3. The highest BCUT2D eigenvalue weighted by atomic mass is 32.2. The lowest BCUT2D eigenvalue weighted by atomic mass is 10.1. The minimum Gasteiger partial charge on any atom is -0.335 e. The summed E-state index contributed by atoms with van der Waals surface area (Å²) in [5, 5.41) is 5.11. The van der Waals surface area contributed by atoms with E-state index >= 15 is 0 Å². The number of benzene rings is 1. The lowest BCUT2D eigenvalue weighted by Crippen LogP contribution is -2.08. The second kappa shape index (κ2) is 4.50. The predicted molar refractivity (Wildman–Crippen MR) is 73.6 cm³/mol. The van der Waals surface area contributed by atoms with E-state index in [1.807, 2.05) is 11.8 Å². The molecule has 2 nitrogen and oxygen atoms in total. The van der Waals surface area contributed by atoms with E-state index in [1.165, 1.54) is 22.4 Å². The van der Waals surface area contributed by atoms with Crippen LogP contribution in [0.5, 0.6) is 0 Å². The molecule has 1 unspecified atom stereocenters. The van der Waals surface area contributed by atoms with Crippen LogP contribution >= 0.6 is 11.8 Å². The van der Waals surface area contributed by atoms with E-state index in [4.69, 9.17) is 0 Å². The zero-order valence-corrected chi connectivity index (χ0v) is 11.1. The van der Waals surface area contributed by atoms with Gasteiger partial charge in [0.15, 0.2) is 5.17 Å². The molecule has 0 aromatic heterocycles. The molecule has 86 valence electrons. The van der Waals surface area contributed by atoms with Gasteiger partial charge in [0.25, 0.3) is 0 Å². The monoisotopic (exact) mass is 234 g/mol. The highest BCUT2D eigenvalue weighted by molar-refractivity contribution is 8.15. The van der Waals surface area contributed by atoms with Gasteiger partial charge < -0.3 is 5.32 Å². The smallest absolute Gasteiger partial charge is 0.161 e. The quantitative estimate of drug-likeness (QED) is 0.804. The molecule has 0 amide bonds. The summed E-state index contributed by atoms with van der Waals surface area (Å²) in [5.41, 5.74) is 5.11. The highest BCUT2D eigenvalue weighted by Crippen LogP contribution is 2.26. The summed E-state index contributed by atoms with van der Waals surface area (Å²) >= 11 is 1.82. The van der Waals surface area contributed by atoms with Gasteiger partial charge in [-0.25, -0.2) is 0 Å². The molecule has 2 rings (SSSR count). The van der Waals surface area contributed by atoms with Crippen molar-refractivity contribution in [2.24, 2.45) is 4.99 Å². The van der Waals surface area contributed by atoms with Gasteiger partial charge in [-0.2, -0.15) is 0 Å². The third kappa shape index (κ3) is 2.40. The van der Waals surface area contributed by atoms with Crippen LogP contribution < -0.4 is 5.32 Å². The molecule has 3 heteroatoms. The van der Waals surface area contributed by atoms with Crippen molar-refractivity contribution < 1.29 is 0 Å². The van der Waals surface area contributed by atoms with Gasteiger partial charge in [-0.15, -0.1) is 0 Å². The number of anilines is 1. The van der Waals surface area contributed by atoms with Crippen molar-refractivity contribution in [2.75, 3.05) is 11.9 Å². The molecule has 1 aliphatic heterocycles. The second-order valence-corrected chi connectivity index (χ2v) is 5.90. The first-order valence-electron chi connectivity index (χ1n) is 5.62. The Balaban J connectivity index is 2.22. The molecule has 1 atom stereocenters. The average Bonchev–Trinajstić information content (AvgIpc) is 2.58.